The van der Waals surface area contributed by atoms with E-state index in [1.54, 1.807) is 19.2 Å². The number of amides is 2. The number of benzene rings is 2. The van der Waals surface area contributed by atoms with E-state index in [2.05, 4.69) is 10.6 Å². The third kappa shape index (κ3) is 8.30. The lowest BCUT2D eigenvalue weighted by Gasteiger charge is -2.41. The molecule has 2 aromatic carbocycles. The minimum Gasteiger partial charge on any atom is -0.497 e. The third-order valence-electron chi connectivity index (χ3n) is 7.81. The third-order valence-corrected chi connectivity index (χ3v) is 9.72. The zero-order valence-corrected chi connectivity index (χ0v) is 25.4. The first kappa shape index (κ1) is 32.8. The first-order chi connectivity index (χ1) is 20.4. The average Bonchev–Trinajstić information content (AvgIpc) is 3.00. The molecular formula is C30H40FN3O8S. The van der Waals surface area contributed by atoms with E-state index in [1.165, 1.54) is 16.4 Å². The summed E-state index contributed by atoms with van der Waals surface area (Å²) < 4.78 is 57.2. The van der Waals surface area contributed by atoms with Crippen LogP contribution in [0.4, 0.5) is 4.39 Å². The number of piperidine rings is 1. The minimum atomic E-state index is -3.72. The second-order valence-corrected chi connectivity index (χ2v) is 13.5. The van der Waals surface area contributed by atoms with Gasteiger partial charge in [0.25, 0.3) is 0 Å². The van der Waals surface area contributed by atoms with Crippen molar-refractivity contribution in [2.24, 2.45) is 11.3 Å². The molecule has 2 fully saturated rings. The van der Waals surface area contributed by atoms with Gasteiger partial charge in [0.05, 0.1) is 18.6 Å². The van der Waals surface area contributed by atoms with Crippen molar-refractivity contribution in [1.82, 2.24) is 14.9 Å². The van der Waals surface area contributed by atoms with Crippen LogP contribution in [0.5, 0.6) is 5.75 Å². The number of halogens is 1. The lowest BCUT2D eigenvalue weighted by molar-refractivity contribution is -0.258. The van der Waals surface area contributed by atoms with Crippen LogP contribution in [0.25, 0.3) is 0 Å². The average molecular weight is 622 g/mol. The van der Waals surface area contributed by atoms with E-state index >= 15 is 0 Å². The Kier molecular flexibility index (Phi) is 10.8. The van der Waals surface area contributed by atoms with Crippen LogP contribution in [-0.2, 0) is 29.1 Å². The number of carbonyl (C=O) groups is 2. The molecule has 0 aromatic heterocycles. The van der Waals surface area contributed by atoms with Gasteiger partial charge in [-0.25, -0.2) is 12.8 Å². The largest absolute Gasteiger partial charge is 0.497 e. The van der Waals surface area contributed by atoms with E-state index in [1.807, 2.05) is 26.0 Å². The summed E-state index contributed by atoms with van der Waals surface area (Å²) in [6, 6.07) is 11.9. The van der Waals surface area contributed by atoms with Crippen molar-refractivity contribution in [3.8, 4) is 5.75 Å². The highest BCUT2D eigenvalue weighted by atomic mass is 32.2. The number of rotatable bonds is 11. The highest BCUT2D eigenvalue weighted by Crippen LogP contribution is 2.37. The molecule has 2 aliphatic rings. The van der Waals surface area contributed by atoms with Gasteiger partial charge in [0.15, 0.2) is 6.29 Å². The smallest absolute Gasteiger partial charge is 0.249 e. The van der Waals surface area contributed by atoms with Crippen molar-refractivity contribution in [3.63, 3.8) is 0 Å². The normalized spacial score (nSPS) is 22.0. The molecule has 2 heterocycles. The molecule has 0 bridgehead atoms. The molecule has 3 N–H and O–H groups in total. The van der Waals surface area contributed by atoms with Crippen LogP contribution in [0.15, 0.2) is 53.4 Å². The number of methoxy groups -OCH3 is 1. The van der Waals surface area contributed by atoms with Gasteiger partial charge in [-0.3, -0.25) is 9.59 Å². The van der Waals surface area contributed by atoms with Crippen LogP contribution in [0.1, 0.15) is 45.0 Å². The molecule has 2 saturated heterocycles. The molecule has 2 aliphatic heterocycles. The number of nitrogens with zero attached hydrogens (tertiary/aromatic N) is 1. The van der Waals surface area contributed by atoms with Gasteiger partial charge in [0.2, 0.25) is 21.8 Å². The molecule has 0 spiro atoms. The van der Waals surface area contributed by atoms with Crippen molar-refractivity contribution >= 4 is 21.8 Å². The van der Waals surface area contributed by atoms with Crippen LogP contribution in [0, 0.1) is 17.2 Å². The maximum Gasteiger partial charge on any atom is 0.249 e. The molecule has 2 amide bonds. The predicted molar refractivity (Wildman–Crippen MR) is 155 cm³/mol. The first-order valence-corrected chi connectivity index (χ1v) is 15.7. The second-order valence-electron chi connectivity index (χ2n) is 11.6. The van der Waals surface area contributed by atoms with Crippen molar-refractivity contribution in [2.45, 2.75) is 56.5 Å². The lowest BCUT2D eigenvalue weighted by Crippen LogP contribution is -2.52. The zero-order valence-electron chi connectivity index (χ0n) is 24.6. The number of hydrogen-bond donors (Lipinski definition) is 3. The van der Waals surface area contributed by atoms with Gasteiger partial charge >= 0.3 is 0 Å². The second kappa shape index (κ2) is 14.1. The van der Waals surface area contributed by atoms with Crippen LogP contribution >= 0.6 is 0 Å². The highest BCUT2D eigenvalue weighted by Gasteiger charge is 2.43. The molecular weight excluding hydrogens is 581 g/mol. The molecule has 13 heteroatoms. The van der Waals surface area contributed by atoms with E-state index in [-0.39, 0.29) is 42.8 Å². The fourth-order valence-electron chi connectivity index (χ4n) is 5.09. The van der Waals surface area contributed by atoms with Crippen molar-refractivity contribution < 1.29 is 41.7 Å². The van der Waals surface area contributed by atoms with Gasteiger partial charge in [-0.1, -0.05) is 26.0 Å². The Morgan fingerprint density at radius 1 is 1.09 bits per heavy atom. The predicted octanol–water partition coefficient (Wildman–Crippen LogP) is 2.36. The summed E-state index contributed by atoms with van der Waals surface area (Å²) in [5, 5.41) is 15.9. The Bertz CT molecular complexity index is 1350. The topological polar surface area (TPSA) is 144 Å². The summed E-state index contributed by atoms with van der Waals surface area (Å²) in [7, 11) is -2.14. The Labute approximate surface area is 251 Å². The van der Waals surface area contributed by atoms with Gasteiger partial charge in [-0.2, -0.15) is 4.31 Å². The highest BCUT2D eigenvalue weighted by molar-refractivity contribution is 7.89. The van der Waals surface area contributed by atoms with E-state index in [9.17, 15) is 27.5 Å². The summed E-state index contributed by atoms with van der Waals surface area (Å²) in [6.07, 6.45) is -1.78. The van der Waals surface area contributed by atoms with Gasteiger partial charge in [-0.05, 0) is 61.6 Å². The van der Waals surface area contributed by atoms with Gasteiger partial charge in [-0.15, -0.1) is 0 Å². The fourth-order valence-corrected chi connectivity index (χ4v) is 6.56. The molecule has 0 saturated carbocycles. The SMILES string of the molecule is COc1ccc(C2OCC(C)(C)[C@H](C(=O)NCCC(O)C(=O)NCC3CCN(S(=O)(=O)c4ccc(F)cc4)CC3)O2)cc1. The van der Waals surface area contributed by atoms with E-state index < -0.39 is 45.7 Å². The minimum absolute atomic E-state index is 0.0114. The fraction of sp³-hybridized carbons (Fsp3) is 0.533. The molecule has 43 heavy (non-hydrogen) atoms. The Morgan fingerprint density at radius 2 is 1.74 bits per heavy atom. The van der Waals surface area contributed by atoms with Crippen LogP contribution < -0.4 is 15.4 Å². The molecule has 11 nitrogen and oxygen atoms in total. The first-order valence-electron chi connectivity index (χ1n) is 14.3. The standard InChI is InChI=1S/C30H40FN3O8S/c1-30(2)19-41-29(21-4-8-23(40-3)9-5-21)42-26(30)28(37)32-15-12-25(35)27(36)33-18-20-13-16-34(17-14-20)43(38,39)24-10-6-22(31)7-11-24/h4-11,20,25-26,29,35H,12-19H2,1-3H3,(H,32,37)(H,33,36)/t25?,26-,29?/m0/s1. The van der Waals surface area contributed by atoms with Crippen molar-refractivity contribution in [3.05, 3.63) is 59.9 Å². The molecule has 0 aliphatic carbocycles. The number of nitrogens with one attached hydrogen (secondary N) is 2. The van der Waals surface area contributed by atoms with Gasteiger partial charge in [0, 0.05) is 37.2 Å². The molecule has 4 rings (SSSR count). The van der Waals surface area contributed by atoms with Crippen LogP contribution in [0.3, 0.4) is 0 Å². The number of ether oxygens (including phenoxy) is 3. The maximum absolute atomic E-state index is 13.2. The summed E-state index contributed by atoms with van der Waals surface area (Å²) in [6.45, 7) is 4.95. The Morgan fingerprint density at radius 3 is 2.37 bits per heavy atom. The maximum atomic E-state index is 13.2. The van der Waals surface area contributed by atoms with Crippen LogP contribution in [-0.4, -0.2) is 81.7 Å². The Hall–Kier alpha value is -3.10. The number of sulfonamides is 1. The molecule has 236 valence electrons. The van der Waals surface area contributed by atoms with Crippen LogP contribution in [0.2, 0.25) is 0 Å². The lowest BCUT2D eigenvalue weighted by atomic mass is 9.85. The number of aliphatic hydroxyl groups is 1. The van der Waals surface area contributed by atoms with E-state index in [0.29, 0.717) is 31.7 Å². The summed E-state index contributed by atoms with van der Waals surface area (Å²) >= 11 is 0. The quantitative estimate of drug-likeness (QED) is 0.347. The van der Waals surface area contributed by atoms with E-state index in [4.69, 9.17) is 14.2 Å². The molecule has 0 radical (unpaired) electrons. The summed E-state index contributed by atoms with van der Waals surface area (Å²) in [5.74, 6) is -0.688. The molecule has 2 aromatic rings. The molecule has 2 unspecified atom stereocenters. The van der Waals surface area contributed by atoms with Gasteiger partial charge < -0.3 is 30.0 Å². The van der Waals surface area contributed by atoms with E-state index in [0.717, 1.165) is 17.7 Å². The van der Waals surface area contributed by atoms with Gasteiger partial charge in [0.1, 0.15) is 23.8 Å². The van der Waals surface area contributed by atoms with Crippen molar-refractivity contribution in [1.29, 1.82) is 0 Å². The summed E-state index contributed by atoms with van der Waals surface area (Å²) in [4.78, 5) is 25.5. The number of hydrogen-bond acceptors (Lipinski definition) is 8. The summed E-state index contributed by atoms with van der Waals surface area (Å²) in [5.41, 5.74) is 0.151. The van der Waals surface area contributed by atoms with Crippen molar-refractivity contribution in [2.75, 3.05) is 39.9 Å². The number of carbonyl (C=O) groups excluding carboxylic acids is 2. The zero-order chi connectivity index (χ0) is 31.2. The molecule has 3 atom stereocenters. The monoisotopic (exact) mass is 621 g/mol. The Balaban J connectivity index is 1.18. The number of aliphatic hydroxyl groups excluding tert-OH is 1.